The lowest BCUT2D eigenvalue weighted by Crippen LogP contribution is -2.16. The van der Waals surface area contributed by atoms with Crippen LogP contribution in [0.1, 0.15) is 17.2 Å². The van der Waals surface area contributed by atoms with Crippen LogP contribution in [0.25, 0.3) is 0 Å². The minimum absolute atomic E-state index is 0.0566. The zero-order chi connectivity index (χ0) is 15.4. The van der Waals surface area contributed by atoms with Gasteiger partial charge >= 0.3 is 6.61 Å². The lowest BCUT2D eigenvalue weighted by Gasteiger charge is -2.17. The molecule has 0 amide bonds. The normalized spacial score (nSPS) is 12.5. The van der Waals surface area contributed by atoms with Crippen molar-refractivity contribution in [1.29, 1.82) is 0 Å². The summed E-state index contributed by atoms with van der Waals surface area (Å²) in [4.78, 5) is 0. The zero-order valence-corrected chi connectivity index (χ0v) is 12.5. The minimum atomic E-state index is -2.90. The number of benzene rings is 2. The third-order valence-electron chi connectivity index (χ3n) is 2.97. The van der Waals surface area contributed by atoms with Crippen molar-refractivity contribution in [1.82, 2.24) is 0 Å². The largest absolute Gasteiger partial charge is 0.434 e. The Labute approximate surface area is 128 Å². The van der Waals surface area contributed by atoms with Gasteiger partial charge in [0.1, 0.15) is 11.6 Å². The summed E-state index contributed by atoms with van der Waals surface area (Å²) in [6.07, 6.45) is 0.377. The summed E-state index contributed by atoms with van der Waals surface area (Å²) in [5.41, 5.74) is 7.34. The molecule has 21 heavy (non-hydrogen) atoms. The molecule has 0 heterocycles. The predicted molar refractivity (Wildman–Crippen MR) is 77.8 cm³/mol. The molecule has 0 saturated carbocycles. The minimum Gasteiger partial charge on any atom is -0.434 e. The van der Waals surface area contributed by atoms with Gasteiger partial charge in [-0.05, 0) is 46.1 Å². The quantitative estimate of drug-likeness (QED) is 0.856. The van der Waals surface area contributed by atoms with Crippen LogP contribution in [-0.4, -0.2) is 6.61 Å². The van der Waals surface area contributed by atoms with Crippen molar-refractivity contribution in [2.75, 3.05) is 0 Å². The second kappa shape index (κ2) is 6.95. The van der Waals surface area contributed by atoms with Gasteiger partial charge in [0.25, 0.3) is 0 Å². The average molecular weight is 360 g/mol. The van der Waals surface area contributed by atoms with Crippen LogP contribution < -0.4 is 10.5 Å². The highest BCUT2D eigenvalue weighted by atomic mass is 79.9. The van der Waals surface area contributed by atoms with Gasteiger partial charge in [-0.2, -0.15) is 8.78 Å². The Morgan fingerprint density at radius 3 is 2.52 bits per heavy atom. The van der Waals surface area contributed by atoms with E-state index >= 15 is 0 Å². The van der Waals surface area contributed by atoms with Gasteiger partial charge in [0.15, 0.2) is 0 Å². The summed E-state index contributed by atoms with van der Waals surface area (Å²) >= 11 is 3.10. The molecule has 0 saturated heterocycles. The van der Waals surface area contributed by atoms with Crippen molar-refractivity contribution in [3.63, 3.8) is 0 Å². The second-order valence-electron chi connectivity index (χ2n) is 4.48. The number of hydrogen-bond acceptors (Lipinski definition) is 2. The van der Waals surface area contributed by atoms with E-state index in [0.29, 0.717) is 16.5 Å². The SMILES string of the molecule is NC(Cc1ccc(F)c(Br)c1)c1ccccc1OC(F)F. The highest BCUT2D eigenvalue weighted by Crippen LogP contribution is 2.28. The van der Waals surface area contributed by atoms with Gasteiger partial charge in [0.05, 0.1) is 4.47 Å². The average Bonchev–Trinajstić information content (AvgIpc) is 2.43. The maximum Gasteiger partial charge on any atom is 0.387 e. The number of ether oxygens (including phenoxy) is 1. The Balaban J connectivity index is 2.19. The van der Waals surface area contributed by atoms with Crippen LogP contribution in [0.3, 0.4) is 0 Å². The molecule has 2 rings (SSSR count). The lowest BCUT2D eigenvalue weighted by molar-refractivity contribution is -0.0506. The third-order valence-corrected chi connectivity index (χ3v) is 3.58. The van der Waals surface area contributed by atoms with Crippen LogP contribution >= 0.6 is 15.9 Å². The Bertz CT molecular complexity index is 622. The molecule has 2 aromatic rings. The molecule has 1 unspecified atom stereocenters. The van der Waals surface area contributed by atoms with Gasteiger partial charge in [0, 0.05) is 11.6 Å². The monoisotopic (exact) mass is 359 g/mol. The van der Waals surface area contributed by atoms with Gasteiger partial charge in [-0.1, -0.05) is 24.3 Å². The maximum absolute atomic E-state index is 13.2. The first-order valence-corrected chi connectivity index (χ1v) is 7.00. The van der Waals surface area contributed by atoms with E-state index in [1.807, 2.05) is 0 Å². The van der Waals surface area contributed by atoms with E-state index in [2.05, 4.69) is 20.7 Å². The van der Waals surface area contributed by atoms with E-state index < -0.39 is 12.7 Å². The summed E-state index contributed by atoms with van der Waals surface area (Å²) in [6, 6.07) is 10.4. The number of hydrogen-bond donors (Lipinski definition) is 1. The van der Waals surface area contributed by atoms with Gasteiger partial charge in [-0.3, -0.25) is 0 Å². The van der Waals surface area contributed by atoms with E-state index in [0.717, 1.165) is 5.56 Å². The molecule has 112 valence electrons. The molecule has 2 nitrogen and oxygen atoms in total. The molecule has 0 aromatic heterocycles. The zero-order valence-electron chi connectivity index (χ0n) is 10.9. The molecular weight excluding hydrogens is 347 g/mol. The molecule has 6 heteroatoms. The van der Waals surface area contributed by atoms with Gasteiger partial charge in [-0.25, -0.2) is 4.39 Å². The summed E-state index contributed by atoms with van der Waals surface area (Å²) in [5.74, 6) is -0.310. The van der Waals surface area contributed by atoms with Crippen molar-refractivity contribution < 1.29 is 17.9 Å². The molecular formula is C15H13BrF3NO. The topological polar surface area (TPSA) is 35.2 Å². The number of nitrogens with two attached hydrogens (primary N) is 1. The molecule has 2 N–H and O–H groups in total. The van der Waals surface area contributed by atoms with Crippen LogP contribution in [0, 0.1) is 5.82 Å². The Hall–Kier alpha value is -1.53. The Morgan fingerprint density at radius 2 is 1.86 bits per heavy atom. The summed E-state index contributed by atoms with van der Waals surface area (Å²) in [7, 11) is 0. The Kier molecular flexibility index (Phi) is 5.25. The van der Waals surface area contributed by atoms with Crippen molar-refractivity contribution in [3.8, 4) is 5.75 Å². The van der Waals surface area contributed by atoms with Crippen LogP contribution in [0.5, 0.6) is 5.75 Å². The molecule has 2 aromatic carbocycles. The number of para-hydroxylation sites is 1. The molecule has 0 radical (unpaired) electrons. The molecule has 0 spiro atoms. The molecule has 0 bridgehead atoms. The highest BCUT2D eigenvalue weighted by Gasteiger charge is 2.15. The van der Waals surface area contributed by atoms with E-state index in [-0.39, 0.29) is 11.6 Å². The first-order valence-electron chi connectivity index (χ1n) is 6.20. The second-order valence-corrected chi connectivity index (χ2v) is 5.33. The van der Waals surface area contributed by atoms with Gasteiger partial charge < -0.3 is 10.5 Å². The molecule has 1 atom stereocenters. The van der Waals surface area contributed by atoms with Crippen LogP contribution in [0.15, 0.2) is 46.9 Å². The molecule has 0 fully saturated rings. The highest BCUT2D eigenvalue weighted by molar-refractivity contribution is 9.10. The van der Waals surface area contributed by atoms with Crippen LogP contribution in [-0.2, 0) is 6.42 Å². The van der Waals surface area contributed by atoms with Crippen LogP contribution in [0.4, 0.5) is 13.2 Å². The van der Waals surface area contributed by atoms with E-state index in [1.165, 1.54) is 12.1 Å². The molecule has 0 aliphatic rings. The van der Waals surface area contributed by atoms with Gasteiger partial charge in [0.2, 0.25) is 0 Å². The van der Waals surface area contributed by atoms with Crippen LogP contribution in [0.2, 0.25) is 0 Å². The predicted octanol–water partition coefficient (Wildman–Crippen LogP) is 4.43. The van der Waals surface area contributed by atoms with E-state index in [4.69, 9.17) is 5.73 Å². The van der Waals surface area contributed by atoms with E-state index in [1.54, 1.807) is 30.3 Å². The standard InChI is InChI=1S/C15H13BrF3NO/c16-11-7-9(5-6-12(11)17)8-13(20)10-3-1-2-4-14(10)21-15(18)19/h1-7,13,15H,8,20H2. The van der Waals surface area contributed by atoms with Gasteiger partial charge in [-0.15, -0.1) is 0 Å². The number of halogens is 4. The smallest absolute Gasteiger partial charge is 0.387 e. The van der Waals surface area contributed by atoms with E-state index in [9.17, 15) is 13.2 Å². The first kappa shape index (κ1) is 15.9. The number of alkyl halides is 2. The summed E-state index contributed by atoms with van der Waals surface area (Å²) in [6.45, 7) is -2.90. The fraction of sp³-hybridized carbons (Fsp3) is 0.200. The summed E-state index contributed by atoms with van der Waals surface area (Å²) < 4.78 is 42.7. The molecule has 0 aliphatic heterocycles. The van der Waals surface area contributed by atoms with Crippen molar-refractivity contribution in [2.45, 2.75) is 19.1 Å². The maximum atomic E-state index is 13.2. The lowest BCUT2D eigenvalue weighted by atomic mass is 9.99. The first-order chi connectivity index (χ1) is 9.97. The number of rotatable bonds is 5. The fourth-order valence-corrected chi connectivity index (χ4v) is 2.45. The Morgan fingerprint density at radius 1 is 1.14 bits per heavy atom. The fourth-order valence-electron chi connectivity index (χ4n) is 2.02. The van der Waals surface area contributed by atoms with Crippen molar-refractivity contribution >= 4 is 15.9 Å². The molecule has 0 aliphatic carbocycles. The van der Waals surface area contributed by atoms with Crippen molar-refractivity contribution in [3.05, 3.63) is 63.9 Å². The van der Waals surface area contributed by atoms with Crippen molar-refractivity contribution in [2.24, 2.45) is 5.73 Å². The third kappa shape index (κ3) is 4.22. The summed E-state index contributed by atoms with van der Waals surface area (Å²) in [5, 5.41) is 0.